The molecule has 2 atom stereocenters. The highest BCUT2D eigenvalue weighted by molar-refractivity contribution is 5.98. The first kappa shape index (κ1) is 28.2. The predicted molar refractivity (Wildman–Crippen MR) is 121 cm³/mol. The van der Waals surface area contributed by atoms with Gasteiger partial charge in [0, 0.05) is 38.6 Å². The number of aromatic nitrogens is 5. The van der Waals surface area contributed by atoms with Crippen LogP contribution in [0, 0.1) is 5.92 Å². The van der Waals surface area contributed by atoms with Crippen molar-refractivity contribution in [1.82, 2.24) is 29.6 Å². The first-order valence-electron chi connectivity index (χ1n) is 11.5. The number of pyridine rings is 1. The van der Waals surface area contributed by atoms with E-state index in [9.17, 15) is 39.9 Å². The number of carbonyl (C=O) groups excluding carboxylic acids is 1. The number of halogens is 8. The molecule has 0 bridgehead atoms. The van der Waals surface area contributed by atoms with Gasteiger partial charge in [0.05, 0.1) is 29.4 Å². The van der Waals surface area contributed by atoms with Crippen LogP contribution in [0.25, 0.3) is 11.3 Å². The minimum absolute atomic E-state index is 0.0899. The number of alkyl halides is 8. The molecule has 0 saturated carbocycles. The second kappa shape index (κ2) is 10.0. The Morgan fingerprint density at radius 1 is 1.10 bits per heavy atom. The van der Waals surface area contributed by atoms with E-state index in [-0.39, 0.29) is 29.4 Å². The van der Waals surface area contributed by atoms with Gasteiger partial charge in [0.2, 0.25) is 5.95 Å². The number of nitrogens with zero attached hydrogens (tertiary/aromatic N) is 6. The maximum Gasteiger partial charge on any atom is 0.433 e. The minimum atomic E-state index is -4.76. The van der Waals surface area contributed by atoms with E-state index in [0.29, 0.717) is 12.4 Å². The summed E-state index contributed by atoms with van der Waals surface area (Å²) in [4.78, 5) is 25.2. The van der Waals surface area contributed by atoms with Crippen LogP contribution in [0.1, 0.15) is 35.1 Å². The SMILES string of the molecule is CC1CC(F)(F)CN(C(=O)c2nn(C)cc2-c2cccc(C(F)(F)F)n2)[C@@H]1CNc1ncc(C(F)(F)F)cn1. The Bertz CT molecular complexity index is 1340. The normalized spacial score (nSPS) is 19.7. The molecule has 1 aliphatic rings. The largest absolute Gasteiger partial charge is 0.433 e. The highest BCUT2D eigenvalue weighted by Crippen LogP contribution is 2.37. The Labute approximate surface area is 216 Å². The summed E-state index contributed by atoms with van der Waals surface area (Å²) in [6.07, 6.45) is -7.63. The van der Waals surface area contributed by atoms with Crippen LogP contribution in [0.3, 0.4) is 0 Å². The number of carbonyl (C=O) groups is 1. The van der Waals surface area contributed by atoms with Crippen molar-refractivity contribution in [3.8, 4) is 11.3 Å². The number of hydrogen-bond donors (Lipinski definition) is 1. The fourth-order valence-corrected chi connectivity index (χ4v) is 4.35. The molecular weight excluding hydrogens is 542 g/mol. The second-order valence-electron chi connectivity index (χ2n) is 9.18. The van der Waals surface area contributed by atoms with Crippen LogP contribution < -0.4 is 5.32 Å². The summed E-state index contributed by atoms with van der Waals surface area (Å²) in [6, 6.07) is 2.17. The summed E-state index contributed by atoms with van der Waals surface area (Å²) in [7, 11) is 1.41. The van der Waals surface area contributed by atoms with Gasteiger partial charge in [-0.05, 0) is 18.1 Å². The fourth-order valence-electron chi connectivity index (χ4n) is 4.35. The molecule has 0 spiro atoms. The summed E-state index contributed by atoms with van der Waals surface area (Å²) in [5.41, 5.74) is -3.00. The quantitative estimate of drug-likeness (QED) is 0.444. The highest BCUT2D eigenvalue weighted by atomic mass is 19.4. The molecule has 3 aromatic rings. The molecular formula is C23H21F8N7O. The molecule has 0 radical (unpaired) electrons. The van der Waals surface area contributed by atoms with Gasteiger partial charge in [-0.25, -0.2) is 23.7 Å². The van der Waals surface area contributed by atoms with Crippen molar-refractivity contribution in [2.24, 2.45) is 13.0 Å². The zero-order valence-corrected chi connectivity index (χ0v) is 20.4. The van der Waals surface area contributed by atoms with Crippen molar-refractivity contribution in [1.29, 1.82) is 0 Å². The molecule has 210 valence electrons. The van der Waals surface area contributed by atoms with Crippen LogP contribution >= 0.6 is 0 Å². The molecule has 4 rings (SSSR count). The lowest BCUT2D eigenvalue weighted by atomic mass is 9.88. The highest BCUT2D eigenvalue weighted by Gasteiger charge is 2.47. The van der Waals surface area contributed by atoms with E-state index in [1.807, 2.05) is 0 Å². The molecule has 0 aliphatic carbocycles. The average Bonchev–Trinajstić information content (AvgIpc) is 3.23. The van der Waals surface area contributed by atoms with Crippen molar-refractivity contribution < 1.29 is 39.9 Å². The number of anilines is 1. The van der Waals surface area contributed by atoms with Crippen LogP contribution in [0.2, 0.25) is 0 Å². The van der Waals surface area contributed by atoms with Gasteiger partial charge in [-0.1, -0.05) is 13.0 Å². The maximum atomic E-state index is 14.6. The lowest BCUT2D eigenvalue weighted by molar-refractivity contribution is -0.141. The van der Waals surface area contributed by atoms with E-state index in [0.717, 1.165) is 21.7 Å². The number of aryl methyl sites for hydroxylation is 1. The van der Waals surface area contributed by atoms with Gasteiger partial charge in [-0.15, -0.1) is 0 Å². The maximum absolute atomic E-state index is 14.6. The van der Waals surface area contributed by atoms with E-state index < -0.39 is 60.4 Å². The second-order valence-corrected chi connectivity index (χ2v) is 9.18. The van der Waals surface area contributed by atoms with Crippen molar-refractivity contribution in [3.63, 3.8) is 0 Å². The Morgan fingerprint density at radius 2 is 1.77 bits per heavy atom. The van der Waals surface area contributed by atoms with Crippen molar-refractivity contribution >= 4 is 11.9 Å². The molecule has 1 aliphatic heterocycles. The number of amides is 1. The van der Waals surface area contributed by atoms with Gasteiger partial charge in [-0.2, -0.15) is 31.4 Å². The summed E-state index contributed by atoms with van der Waals surface area (Å²) >= 11 is 0. The lowest BCUT2D eigenvalue weighted by Gasteiger charge is -2.43. The molecule has 3 aromatic heterocycles. The first-order valence-corrected chi connectivity index (χ1v) is 11.5. The summed E-state index contributed by atoms with van der Waals surface area (Å²) < 4.78 is 108. The molecule has 39 heavy (non-hydrogen) atoms. The lowest BCUT2D eigenvalue weighted by Crippen LogP contribution is -2.57. The third kappa shape index (κ3) is 6.25. The average molecular weight is 563 g/mol. The van der Waals surface area contributed by atoms with Crippen LogP contribution in [-0.2, 0) is 19.4 Å². The number of rotatable bonds is 5. The van der Waals surface area contributed by atoms with Gasteiger partial charge in [0.15, 0.2) is 5.69 Å². The third-order valence-corrected chi connectivity index (χ3v) is 6.14. The summed E-state index contributed by atoms with van der Waals surface area (Å²) in [6.45, 7) is 0.266. The van der Waals surface area contributed by atoms with Gasteiger partial charge in [0.25, 0.3) is 11.8 Å². The zero-order chi connectivity index (χ0) is 28.8. The molecule has 1 amide bonds. The number of likely N-dealkylation sites (tertiary alicyclic amines) is 1. The Morgan fingerprint density at radius 3 is 2.38 bits per heavy atom. The number of piperidine rings is 1. The topological polar surface area (TPSA) is 88.8 Å². The van der Waals surface area contributed by atoms with Gasteiger partial charge in [-0.3, -0.25) is 9.48 Å². The van der Waals surface area contributed by atoms with Gasteiger partial charge >= 0.3 is 12.4 Å². The third-order valence-electron chi connectivity index (χ3n) is 6.14. The van der Waals surface area contributed by atoms with E-state index >= 15 is 0 Å². The molecule has 1 fully saturated rings. The van der Waals surface area contributed by atoms with E-state index in [4.69, 9.17) is 0 Å². The van der Waals surface area contributed by atoms with Crippen LogP contribution in [0.4, 0.5) is 41.1 Å². The number of hydrogen-bond acceptors (Lipinski definition) is 6. The smallest absolute Gasteiger partial charge is 0.352 e. The minimum Gasteiger partial charge on any atom is -0.352 e. The van der Waals surface area contributed by atoms with Crippen molar-refractivity contribution in [2.45, 2.75) is 37.7 Å². The molecule has 1 unspecified atom stereocenters. The predicted octanol–water partition coefficient (Wildman–Crippen LogP) is 4.91. The molecule has 1 saturated heterocycles. The van der Waals surface area contributed by atoms with Crippen LogP contribution in [0.15, 0.2) is 36.8 Å². The Hall–Kier alpha value is -3.85. The van der Waals surface area contributed by atoms with Crippen LogP contribution in [-0.4, -0.2) is 60.6 Å². The molecule has 1 N–H and O–H groups in total. The standard InChI is InChI=1S/C23H21F8N7O/c1-12-6-21(24,25)11-38(16(12)9-34-20-32-7-13(8-33-20)22(26,27)28)19(39)18-14(10-37(2)36-18)15-4-3-5-17(35-15)23(29,30)31/h3-5,7-8,10,12,16H,6,9,11H2,1-2H3,(H,32,33,34)/t12?,16-/m1/s1. The summed E-state index contributed by atoms with van der Waals surface area (Å²) in [5, 5.41) is 6.69. The Kier molecular flexibility index (Phi) is 7.25. The molecule has 8 nitrogen and oxygen atoms in total. The van der Waals surface area contributed by atoms with E-state index in [2.05, 4.69) is 25.4 Å². The van der Waals surface area contributed by atoms with E-state index in [1.54, 1.807) is 0 Å². The van der Waals surface area contributed by atoms with Crippen LogP contribution in [0.5, 0.6) is 0 Å². The van der Waals surface area contributed by atoms with Gasteiger partial charge in [0.1, 0.15) is 5.69 Å². The molecule has 0 aromatic carbocycles. The Balaban J connectivity index is 1.63. The fraction of sp³-hybridized carbons (Fsp3) is 0.435. The monoisotopic (exact) mass is 563 g/mol. The van der Waals surface area contributed by atoms with Gasteiger partial charge < -0.3 is 10.2 Å². The molecule has 16 heteroatoms. The first-order chi connectivity index (χ1) is 18.0. The molecule has 4 heterocycles. The zero-order valence-electron chi connectivity index (χ0n) is 20.4. The van der Waals surface area contributed by atoms with Crippen molar-refractivity contribution in [3.05, 3.63) is 53.7 Å². The van der Waals surface area contributed by atoms with Crippen molar-refractivity contribution in [2.75, 3.05) is 18.4 Å². The number of nitrogens with one attached hydrogen (secondary N) is 1. The summed E-state index contributed by atoms with van der Waals surface area (Å²) in [5.74, 6) is -5.26. The van der Waals surface area contributed by atoms with E-state index in [1.165, 1.54) is 26.2 Å².